The van der Waals surface area contributed by atoms with Crippen LogP contribution in [0.2, 0.25) is 0 Å². The molecule has 4 rings (SSSR count). The van der Waals surface area contributed by atoms with Crippen LogP contribution in [0, 0.1) is 11.7 Å². The molecule has 1 atom stereocenters. The molecule has 2 amide bonds. The van der Waals surface area contributed by atoms with Gasteiger partial charge in [0.25, 0.3) is 0 Å². The van der Waals surface area contributed by atoms with Crippen LogP contribution < -0.4 is 5.32 Å². The minimum atomic E-state index is -0.284. The number of aromatic nitrogens is 1. The van der Waals surface area contributed by atoms with Crippen molar-refractivity contribution in [2.24, 2.45) is 5.92 Å². The minimum Gasteiger partial charge on any atom is -0.342 e. The van der Waals surface area contributed by atoms with E-state index in [2.05, 4.69) is 10.3 Å². The average Bonchev–Trinajstić information content (AvgIpc) is 2.80. The van der Waals surface area contributed by atoms with Crippen molar-refractivity contribution in [3.8, 4) is 11.1 Å². The molecule has 2 heterocycles. The lowest BCUT2D eigenvalue weighted by Crippen LogP contribution is -2.44. The SMILES string of the molecule is O=C(Nc1cccc(-c2ccc(F)cc2)c1)C1CCCN(C(=O)Cc2cccnc2)C1. The minimum absolute atomic E-state index is 0.0174. The summed E-state index contributed by atoms with van der Waals surface area (Å²) < 4.78 is 13.2. The molecule has 2 aromatic carbocycles. The van der Waals surface area contributed by atoms with Gasteiger partial charge in [-0.05, 0) is 59.9 Å². The van der Waals surface area contributed by atoms with Crippen LogP contribution in [0.15, 0.2) is 73.1 Å². The number of benzene rings is 2. The van der Waals surface area contributed by atoms with Gasteiger partial charge in [0.1, 0.15) is 5.82 Å². The summed E-state index contributed by atoms with van der Waals surface area (Å²) in [5.41, 5.74) is 3.33. The van der Waals surface area contributed by atoms with E-state index in [1.807, 2.05) is 36.4 Å². The highest BCUT2D eigenvalue weighted by atomic mass is 19.1. The third-order valence-electron chi connectivity index (χ3n) is 5.53. The van der Waals surface area contributed by atoms with Crippen LogP contribution >= 0.6 is 0 Å². The molecule has 0 saturated carbocycles. The maximum Gasteiger partial charge on any atom is 0.229 e. The zero-order chi connectivity index (χ0) is 21.6. The third kappa shape index (κ3) is 5.34. The fourth-order valence-electron chi connectivity index (χ4n) is 3.87. The first kappa shape index (κ1) is 20.7. The van der Waals surface area contributed by atoms with E-state index >= 15 is 0 Å². The molecule has 1 unspecified atom stereocenters. The van der Waals surface area contributed by atoms with E-state index in [0.717, 1.165) is 29.5 Å². The molecular weight excluding hydrogens is 393 g/mol. The van der Waals surface area contributed by atoms with Gasteiger partial charge < -0.3 is 10.2 Å². The Bertz CT molecular complexity index is 1050. The monoisotopic (exact) mass is 417 g/mol. The molecule has 1 fully saturated rings. The lowest BCUT2D eigenvalue weighted by atomic mass is 9.96. The summed E-state index contributed by atoms with van der Waals surface area (Å²) in [6.07, 6.45) is 5.22. The van der Waals surface area contributed by atoms with Crippen LogP contribution in [0.1, 0.15) is 18.4 Å². The van der Waals surface area contributed by atoms with E-state index in [9.17, 15) is 14.0 Å². The van der Waals surface area contributed by atoms with E-state index in [1.54, 1.807) is 29.4 Å². The number of hydrogen-bond acceptors (Lipinski definition) is 3. The van der Waals surface area contributed by atoms with Crippen LogP contribution in [-0.4, -0.2) is 34.8 Å². The Morgan fingerprint density at radius 3 is 2.68 bits per heavy atom. The smallest absolute Gasteiger partial charge is 0.229 e. The normalized spacial score (nSPS) is 16.0. The van der Waals surface area contributed by atoms with Gasteiger partial charge in [0.15, 0.2) is 0 Å². The molecule has 6 heteroatoms. The Morgan fingerprint density at radius 2 is 1.90 bits per heavy atom. The molecule has 0 radical (unpaired) electrons. The summed E-state index contributed by atoms with van der Waals surface area (Å²) in [5.74, 6) is -0.604. The Kier molecular flexibility index (Phi) is 6.36. The van der Waals surface area contributed by atoms with Crippen molar-refractivity contribution in [1.82, 2.24) is 9.88 Å². The fourth-order valence-corrected chi connectivity index (χ4v) is 3.87. The summed E-state index contributed by atoms with van der Waals surface area (Å²) >= 11 is 0. The number of piperidine rings is 1. The van der Waals surface area contributed by atoms with Gasteiger partial charge in [-0.3, -0.25) is 14.6 Å². The predicted octanol–water partition coefficient (Wildman–Crippen LogP) is 4.31. The molecule has 1 aliphatic rings. The van der Waals surface area contributed by atoms with Crippen LogP contribution in [-0.2, 0) is 16.0 Å². The Hall–Kier alpha value is -3.54. The van der Waals surface area contributed by atoms with Crippen molar-refractivity contribution in [2.45, 2.75) is 19.3 Å². The number of hydrogen-bond donors (Lipinski definition) is 1. The molecule has 1 aromatic heterocycles. The van der Waals surface area contributed by atoms with Crippen molar-refractivity contribution in [2.75, 3.05) is 18.4 Å². The maximum atomic E-state index is 13.2. The number of likely N-dealkylation sites (tertiary alicyclic amines) is 1. The Morgan fingerprint density at radius 1 is 1.06 bits per heavy atom. The van der Waals surface area contributed by atoms with Gasteiger partial charge in [-0.25, -0.2) is 4.39 Å². The Balaban J connectivity index is 1.38. The summed E-state index contributed by atoms with van der Waals surface area (Å²) in [6.45, 7) is 1.09. The van der Waals surface area contributed by atoms with Crippen molar-refractivity contribution in [1.29, 1.82) is 0 Å². The molecule has 5 nitrogen and oxygen atoms in total. The summed E-state index contributed by atoms with van der Waals surface area (Å²) in [4.78, 5) is 31.4. The maximum absolute atomic E-state index is 13.2. The highest BCUT2D eigenvalue weighted by Gasteiger charge is 2.28. The topological polar surface area (TPSA) is 62.3 Å². The summed E-state index contributed by atoms with van der Waals surface area (Å²) in [7, 11) is 0. The van der Waals surface area contributed by atoms with E-state index in [1.165, 1.54) is 12.1 Å². The lowest BCUT2D eigenvalue weighted by molar-refractivity contribution is -0.133. The predicted molar refractivity (Wildman–Crippen MR) is 118 cm³/mol. The van der Waals surface area contributed by atoms with Gasteiger partial charge >= 0.3 is 0 Å². The highest BCUT2D eigenvalue weighted by molar-refractivity contribution is 5.94. The van der Waals surface area contributed by atoms with Crippen LogP contribution in [0.25, 0.3) is 11.1 Å². The first-order chi connectivity index (χ1) is 15.1. The highest BCUT2D eigenvalue weighted by Crippen LogP contribution is 2.24. The fraction of sp³-hybridized carbons (Fsp3) is 0.240. The number of rotatable bonds is 5. The van der Waals surface area contributed by atoms with Gasteiger partial charge in [-0.1, -0.05) is 30.3 Å². The first-order valence-electron chi connectivity index (χ1n) is 10.4. The third-order valence-corrected chi connectivity index (χ3v) is 5.53. The quantitative estimate of drug-likeness (QED) is 0.673. The zero-order valence-electron chi connectivity index (χ0n) is 17.1. The number of carbonyl (C=O) groups excluding carboxylic acids is 2. The molecule has 0 bridgehead atoms. The number of halogens is 1. The lowest BCUT2D eigenvalue weighted by Gasteiger charge is -2.32. The van der Waals surface area contributed by atoms with E-state index in [0.29, 0.717) is 25.2 Å². The van der Waals surface area contributed by atoms with Gasteiger partial charge in [0.2, 0.25) is 11.8 Å². The van der Waals surface area contributed by atoms with Gasteiger partial charge in [-0.2, -0.15) is 0 Å². The number of anilines is 1. The Labute approximate surface area is 180 Å². The second-order valence-corrected chi connectivity index (χ2v) is 7.79. The number of pyridine rings is 1. The van der Waals surface area contributed by atoms with Crippen molar-refractivity contribution >= 4 is 17.5 Å². The van der Waals surface area contributed by atoms with Crippen molar-refractivity contribution < 1.29 is 14.0 Å². The zero-order valence-corrected chi connectivity index (χ0v) is 17.1. The number of nitrogens with one attached hydrogen (secondary N) is 1. The van der Waals surface area contributed by atoms with Crippen molar-refractivity contribution in [3.05, 3.63) is 84.4 Å². The largest absolute Gasteiger partial charge is 0.342 e. The standard InChI is InChI=1S/C25H24FN3O2/c26-22-10-8-19(9-11-22)20-5-1-7-23(15-20)28-25(31)21-6-3-13-29(17-21)24(30)14-18-4-2-12-27-16-18/h1-2,4-5,7-12,15-16,21H,3,6,13-14,17H2,(H,28,31). The van der Waals surface area contributed by atoms with E-state index in [-0.39, 0.29) is 23.5 Å². The molecule has 31 heavy (non-hydrogen) atoms. The van der Waals surface area contributed by atoms with Gasteiger partial charge in [-0.15, -0.1) is 0 Å². The van der Waals surface area contributed by atoms with E-state index < -0.39 is 0 Å². The second kappa shape index (κ2) is 9.51. The summed E-state index contributed by atoms with van der Waals surface area (Å²) in [5, 5.41) is 2.98. The average molecular weight is 417 g/mol. The summed E-state index contributed by atoms with van der Waals surface area (Å²) in [6, 6.07) is 17.4. The van der Waals surface area contributed by atoms with Crippen LogP contribution in [0.4, 0.5) is 10.1 Å². The van der Waals surface area contributed by atoms with E-state index in [4.69, 9.17) is 0 Å². The molecule has 0 spiro atoms. The second-order valence-electron chi connectivity index (χ2n) is 7.79. The molecule has 3 aromatic rings. The van der Waals surface area contributed by atoms with Crippen LogP contribution in [0.5, 0.6) is 0 Å². The van der Waals surface area contributed by atoms with Crippen LogP contribution in [0.3, 0.4) is 0 Å². The van der Waals surface area contributed by atoms with Gasteiger partial charge in [0.05, 0.1) is 12.3 Å². The molecule has 1 saturated heterocycles. The molecule has 1 N–H and O–H groups in total. The molecule has 1 aliphatic heterocycles. The van der Waals surface area contributed by atoms with Crippen molar-refractivity contribution in [3.63, 3.8) is 0 Å². The van der Waals surface area contributed by atoms with Gasteiger partial charge in [0, 0.05) is 31.2 Å². The first-order valence-corrected chi connectivity index (χ1v) is 10.4. The molecule has 0 aliphatic carbocycles. The molecule has 158 valence electrons. The number of nitrogens with zero attached hydrogens (tertiary/aromatic N) is 2. The number of carbonyl (C=O) groups is 2. The number of amides is 2. The molecular formula is C25H24FN3O2.